The van der Waals surface area contributed by atoms with Gasteiger partial charge < -0.3 is 9.84 Å². The number of ether oxygens (including phenoxy) is 1. The van der Waals surface area contributed by atoms with Crippen LogP contribution in [0.4, 0.5) is 0 Å². The lowest BCUT2D eigenvalue weighted by Gasteiger charge is -2.35. The Morgan fingerprint density at radius 3 is 2.58 bits per heavy atom. The summed E-state index contributed by atoms with van der Waals surface area (Å²) < 4.78 is 6.94. The smallest absolute Gasteiger partial charge is 0.217 e. The Morgan fingerprint density at radius 1 is 1.42 bits per heavy atom. The molecule has 1 aromatic heterocycles. The Bertz CT molecular complexity index is 496. The standard InChI is InChI=1S/C14H21N3O2/c1-10-11(13(19-3)17(2)16-10)12(18)14(9-15)7-5-4-6-8-14/h12,18H,4-8H2,1-3H3. The van der Waals surface area contributed by atoms with Crippen molar-refractivity contribution in [1.29, 1.82) is 5.26 Å². The number of rotatable bonds is 3. The van der Waals surface area contributed by atoms with Crippen LogP contribution < -0.4 is 4.74 Å². The first kappa shape index (κ1) is 13.9. The molecule has 0 saturated heterocycles. The summed E-state index contributed by atoms with van der Waals surface area (Å²) in [6, 6.07) is 2.36. The van der Waals surface area contributed by atoms with Crippen LogP contribution in [-0.4, -0.2) is 22.0 Å². The van der Waals surface area contributed by atoms with Gasteiger partial charge in [-0.1, -0.05) is 19.3 Å². The molecule has 1 aliphatic rings. The minimum absolute atomic E-state index is 0.546. The van der Waals surface area contributed by atoms with Crippen LogP contribution in [0.25, 0.3) is 0 Å². The fourth-order valence-electron chi connectivity index (χ4n) is 3.12. The molecule has 5 heteroatoms. The van der Waals surface area contributed by atoms with Crippen molar-refractivity contribution in [3.05, 3.63) is 11.3 Å². The molecule has 0 radical (unpaired) electrons. The van der Waals surface area contributed by atoms with E-state index in [9.17, 15) is 10.4 Å². The van der Waals surface area contributed by atoms with Crippen LogP contribution in [0.1, 0.15) is 49.5 Å². The maximum atomic E-state index is 10.7. The topological polar surface area (TPSA) is 71.1 Å². The molecule has 1 atom stereocenters. The molecular weight excluding hydrogens is 242 g/mol. The largest absolute Gasteiger partial charge is 0.481 e. The SMILES string of the molecule is COc1c(C(O)C2(C#N)CCCCC2)c(C)nn1C. The van der Waals surface area contributed by atoms with E-state index in [1.807, 2.05) is 6.92 Å². The Kier molecular flexibility index (Phi) is 3.81. The molecule has 1 N–H and O–H groups in total. The fraction of sp³-hybridized carbons (Fsp3) is 0.714. The Labute approximate surface area is 113 Å². The van der Waals surface area contributed by atoms with Crippen molar-refractivity contribution < 1.29 is 9.84 Å². The van der Waals surface area contributed by atoms with E-state index in [-0.39, 0.29) is 0 Å². The summed E-state index contributed by atoms with van der Waals surface area (Å²) in [7, 11) is 3.34. The first-order valence-corrected chi connectivity index (χ1v) is 6.72. The molecule has 5 nitrogen and oxygen atoms in total. The van der Waals surface area contributed by atoms with Crippen LogP contribution in [0.5, 0.6) is 5.88 Å². The highest BCUT2D eigenvalue weighted by atomic mass is 16.5. The minimum atomic E-state index is -0.832. The second kappa shape index (κ2) is 5.22. The average molecular weight is 263 g/mol. The summed E-state index contributed by atoms with van der Waals surface area (Å²) in [5.74, 6) is 0.546. The van der Waals surface area contributed by atoms with Crippen molar-refractivity contribution in [3.63, 3.8) is 0 Å². The lowest BCUT2D eigenvalue weighted by Crippen LogP contribution is -2.30. The van der Waals surface area contributed by atoms with Gasteiger partial charge in [0.15, 0.2) is 0 Å². The first-order chi connectivity index (χ1) is 9.05. The zero-order valence-corrected chi connectivity index (χ0v) is 11.8. The number of aryl methyl sites for hydroxylation is 2. The van der Waals surface area contributed by atoms with Gasteiger partial charge in [0, 0.05) is 7.05 Å². The third kappa shape index (κ3) is 2.21. The zero-order chi connectivity index (χ0) is 14.0. The molecule has 1 saturated carbocycles. The number of aliphatic hydroxyl groups excluding tert-OH is 1. The maximum absolute atomic E-state index is 10.7. The molecule has 1 aromatic rings. The van der Waals surface area contributed by atoms with Crippen molar-refractivity contribution >= 4 is 0 Å². The molecule has 1 heterocycles. The van der Waals surface area contributed by atoms with Gasteiger partial charge in [-0.15, -0.1) is 0 Å². The van der Waals surface area contributed by atoms with E-state index < -0.39 is 11.5 Å². The normalized spacial score (nSPS) is 19.7. The van der Waals surface area contributed by atoms with E-state index in [2.05, 4.69) is 11.2 Å². The van der Waals surface area contributed by atoms with Gasteiger partial charge in [0.2, 0.25) is 5.88 Å². The minimum Gasteiger partial charge on any atom is -0.481 e. The molecule has 1 fully saturated rings. The summed E-state index contributed by atoms with van der Waals surface area (Å²) >= 11 is 0. The number of nitriles is 1. The molecule has 0 amide bonds. The van der Waals surface area contributed by atoms with Crippen LogP contribution in [0.3, 0.4) is 0 Å². The zero-order valence-electron chi connectivity index (χ0n) is 11.8. The first-order valence-electron chi connectivity index (χ1n) is 6.72. The Morgan fingerprint density at radius 2 is 2.05 bits per heavy atom. The summed E-state index contributed by atoms with van der Waals surface area (Å²) in [6.45, 7) is 1.84. The molecule has 0 aliphatic heterocycles. The predicted octanol–water partition coefficient (Wildman–Crippen LogP) is 2.24. The third-order valence-corrected chi connectivity index (χ3v) is 4.17. The van der Waals surface area contributed by atoms with E-state index in [1.54, 1.807) is 18.8 Å². The molecular formula is C14H21N3O2. The highest BCUT2D eigenvalue weighted by Gasteiger charge is 2.43. The fourth-order valence-corrected chi connectivity index (χ4v) is 3.12. The summed E-state index contributed by atoms with van der Waals surface area (Å²) in [5, 5.41) is 24.6. The Hall–Kier alpha value is -1.54. The van der Waals surface area contributed by atoms with Gasteiger partial charge in [-0.05, 0) is 19.8 Å². The number of aliphatic hydroxyl groups is 1. The van der Waals surface area contributed by atoms with Gasteiger partial charge in [0.05, 0.1) is 29.9 Å². The van der Waals surface area contributed by atoms with E-state index in [1.165, 1.54) is 0 Å². The quantitative estimate of drug-likeness (QED) is 0.908. The van der Waals surface area contributed by atoms with Crippen LogP contribution >= 0.6 is 0 Å². The average Bonchev–Trinajstić information content (AvgIpc) is 2.72. The maximum Gasteiger partial charge on any atom is 0.217 e. The van der Waals surface area contributed by atoms with Crippen LogP contribution in [0.15, 0.2) is 0 Å². The third-order valence-electron chi connectivity index (χ3n) is 4.17. The van der Waals surface area contributed by atoms with Gasteiger partial charge in [-0.2, -0.15) is 10.4 Å². The predicted molar refractivity (Wildman–Crippen MR) is 70.6 cm³/mol. The lowest BCUT2D eigenvalue weighted by atomic mass is 9.69. The second-order valence-electron chi connectivity index (χ2n) is 5.36. The Balaban J connectivity index is 2.43. The van der Waals surface area contributed by atoms with E-state index in [4.69, 9.17) is 4.74 Å². The van der Waals surface area contributed by atoms with Crippen LogP contribution in [0, 0.1) is 23.7 Å². The number of nitrogens with zero attached hydrogens (tertiary/aromatic N) is 3. The number of methoxy groups -OCH3 is 1. The van der Waals surface area contributed by atoms with Gasteiger partial charge in [-0.3, -0.25) is 0 Å². The van der Waals surface area contributed by atoms with E-state index >= 15 is 0 Å². The molecule has 0 spiro atoms. The van der Waals surface area contributed by atoms with Crippen molar-refractivity contribution in [2.75, 3.05) is 7.11 Å². The monoisotopic (exact) mass is 263 g/mol. The van der Waals surface area contributed by atoms with Crippen molar-refractivity contribution in [2.45, 2.75) is 45.1 Å². The van der Waals surface area contributed by atoms with Crippen LogP contribution in [-0.2, 0) is 7.05 Å². The molecule has 1 aliphatic carbocycles. The summed E-state index contributed by atoms with van der Waals surface area (Å²) in [6.07, 6.45) is 3.77. The van der Waals surface area contributed by atoms with Gasteiger partial charge >= 0.3 is 0 Å². The van der Waals surface area contributed by atoms with Gasteiger partial charge in [0.1, 0.15) is 6.10 Å². The van der Waals surface area contributed by atoms with Crippen molar-refractivity contribution in [1.82, 2.24) is 9.78 Å². The van der Waals surface area contributed by atoms with Gasteiger partial charge in [0.25, 0.3) is 0 Å². The highest BCUT2D eigenvalue weighted by Crippen LogP contribution is 2.48. The van der Waals surface area contributed by atoms with Gasteiger partial charge in [-0.25, -0.2) is 4.68 Å². The second-order valence-corrected chi connectivity index (χ2v) is 5.36. The molecule has 19 heavy (non-hydrogen) atoms. The molecule has 0 bridgehead atoms. The lowest BCUT2D eigenvalue weighted by molar-refractivity contribution is 0.0336. The van der Waals surface area contributed by atoms with Crippen molar-refractivity contribution in [3.8, 4) is 11.9 Å². The molecule has 2 rings (SSSR count). The van der Waals surface area contributed by atoms with E-state index in [0.717, 1.165) is 37.8 Å². The van der Waals surface area contributed by atoms with E-state index in [0.29, 0.717) is 11.4 Å². The molecule has 1 unspecified atom stereocenters. The molecule has 104 valence electrons. The number of aromatic nitrogens is 2. The number of hydrogen-bond donors (Lipinski definition) is 1. The number of hydrogen-bond acceptors (Lipinski definition) is 4. The highest BCUT2D eigenvalue weighted by molar-refractivity contribution is 5.36. The summed E-state index contributed by atoms with van der Waals surface area (Å²) in [5.41, 5.74) is 0.694. The molecule has 0 aromatic carbocycles. The summed E-state index contributed by atoms with van der Waals surface area (Å²) in [4.78, 5) is 0. The van der Waals surface area contributed by atoms with Crippen LogP contribution in [0.2, 0.25) is 0 Å². The van der Waals surface area contributed by atoms with Crippen molar-refractivity contribution in [2.24, 2.45) is 12.5 Å².